The number of hydrogen-bond acceptors (Lipinski definition) is 5. The summed E-state index contributed by atoms with van der Waals surface area (Å²) in [4.78, 5) is 18.1. The van der Waals surface area contributed by atoms with Crippen LogP contribution in [-0.2, 0) is 11.3 Å². The number of thiophene rings is 1. The van der Waals surface area contributed by atoms with Gasteiger partial charge < -0.3 is 14.1 Å². The van der Waals surface area contributed by atoms with E-state index in [9.17, 15) is 4.79 Å². The van der Waals surface area contributed by atoms with Gasteiger partial charge in [0, 0.05) is 43.5 Å². The Balaban J connectivity index is 1.41. The van der Waals surface area contributed by atoms with Crippen LogP contribution in [0.1, 0.15) is 15.4 Å². The van der Waals surface area contributed by atoms with Crippen molar-refractivity contribution in [2.45, 2.75) is 12.6 Å². The molecule has 0 unspecified atom stereocenters. The highest BCUT2D eigenvalue weighted by molar-refractivity contribution is 7.09. The summed E-state index contributed by atoms with van der Waals surface area (Å²) < 4.78 is 11.2. The van der Waals surface area contributed by atoms with Crippen molar-refractivity contribution in [2.24, 2.45) is 5.92 Å². The van der Waals surface area contributed by atoms with Crippen molar-refractivity contribution in [1.29, 1.82) is 0 Å². The lowest BCUT2D eigenvalue weighted by Crippen LogP contribution is -2.33. The molecule has 2 aliphatic heterocycles. The Morgan fingerprint density at radius 3 is 3.00 bits per heavy atom. The highest BCUT2D eigenvalue weighted by atomic mass is 32.1. The molecule has 6 heteroatoms. The summed E-state index contributed by atoms with van der Waals surface area (Å²) >= 11 is 1.79. The topological polar surface area (TPSA) is 45.9 Å². The number of ether oxygens (including phenoxy) is 1. The Kier molecular flexibility index (Phi) is 4.20. The Labute approximate surface area is 139 Å². The maximum Gasteiger partial charge on any atom is 0.289 e. The minimum absolute atomic E-state index is 0.0310. The highest BCUT2D eigenvalue weighted by Crippen LogP contribution is 2.26. The summed E-state index contributed by atoms with van der Waals surface area (Å²) in [7, 11) is 0. The lowest BCUT2D eigenvalue weighted by Gasteiger charge is -2.22. The monoisotopic (exact) mass is 332 g/mol. The molecule has 23 heavy (non-hydrogen) atoms. The molecule has 4 heterocycles. The predicted octanol–water partition coefficient (Wildman–Crippen LogP) is 2.31. The SMILES string of the molecule is O=C(c1ccco1)N1C[C@@H]2CN(Cc3cccs3)CCO[C@@H]2C1. The highest BCUT2D eigenvalue weighted by Gasteiger charge is 2.39. The van der Waals surface area contributed by atoms with Gasteiger partial charge in [0.25, 0.3) is 5.91 Å². The third kappa shape index (κ3) is 3.20. The first-order valence-electron chi connectivity index (χ1n) is 7.99. The number of rotatable bonds is 3. The Morgan fingerprint density at radius 2 is 2.22 bits per heavy atom. The van der Waals surface area contributed by atoms with E-state index in [1.165, 1.54) is 4.88 Å². The molecule has 0 bridgehead atoms. The Hall–Kier alpha value is -1.63. The normalized spacial score (nSPS) is 25.3. The van der Waals surface area contributed by atoms with Crippen molar-refractivity contribution in [2.75, 3.05) is 32.8 Å². The van der Waals surface area contributed by atoms with Crippen LogP contribution in [0.2, 0.25) is 0 Å². The second-order valence-corrected chi connectivity index (χ2v) is 7.20. The maximum atomic E-state index is 12.4. The van der Waals surface area contributed by atoms with E-state index < -0.39 is 0 Å². The van der Waals surface area contributed by atoms with Crippen LogP contribution in [0.25, 0.3) is 0 Å². The molecule has 2 aromatic heterocycles. The summed E-state index contributed by atoms with van der Waals surface area (Å²) in [6.45, 7) is 5.04. The van der Waals surface area contributed by atoms with E-state index in [2.05, 4.69) is 22.4 Å². The fourth-order valence-corrected chi connectivity index (χ4v) is 4.20. The molecule has 0 spiro atoms. The molecule has 2 atom stereocenters. The Bertz CT molecular complexity index is 641. The fourth-order valence-electron chi connectivity index (χ4n) is 3.45. The van der Waals surface area contributed by atoms with Crippen LogP contribution >= 0.6 is 11.3 Å². The Morgan fingerprint density at radius 1 is 1.26 bits per heavy atom. The third-order valence-corrected chi connectivity index (χ3v) is 5.45. The van der Waals surface area contributed by atoms with Crippen molar-refractivity contribution in [3.8, 4) is 0 Å². The number of fused-ring (bicyclic) bond motifs is 1. The first kappa shape index (κ1) is 14.9. The molecule has 2 aliphatic rings. The summed E-state index contributed by atoms with van der Waals surface area (Å²) in [5.74, 6) is 0.754. The molecule has 2 aromatic rings. The van der Waals surface area contributed by atoms with Crippen LogP contribution < -0.4 is 0 Å². The number of hydrogen-bond donors (Lipinski definition) is 0. The van der Waals surface area contributed by atoms with Gasteiger partial charge in [0.05, 0.1) is 19.0 Å². The molecule has 0 saturated carbocycles. The van der Waals surface area contributed by atoms with E-state index in [0.29, 0.717) is 18.2 Å². The molecular weight excluding hydrogens is 312 g/mol. The van der Waals surface area contributed by atoms with Crippen molar-refractivity contribution in [3.05, 3.63) is 46.5 Å². The van der Waals surface area contributed by atoms with Gasteiger partial charge in [-0.05, 0) is 23.6 Å². The van der Waals surface area contributed by atoms with Gasteiger partial charge in [0.15, 0.2) is 5.76 Å². The van der Waals surface area contributed by atoms with Crippen molar-refractivity contribution in [3.63, 3.8) is 0 Å². The number of nitrogens with zero attached hydrogens (tertiary/aromatic N) is 2. The number of carbonyl (C=O) groups is 1. The minimum atomic E-state index is -0.0310. The van der Waals surface area contributed by atoms with Crippen molar-refractivity contribution in [1.82, 2.24) is 9.80 Å². The first-order valence-corrected chi connectivity index (χ1v) is 8.86. The van der Waals surface area contributed by atoms with Crippen LogP contribution in [0.4, 0.5) is 0 Å². The van der Waals surface area contributed by atoms with Gasteiger partial charge in [-0.25, -0.2) is 0 Å². The molecule has 5 nitrogen and oxygen atoms in total. The van der Waals surface area contributed by atoms with Gasteiger partial charge in [-0.3, -0.25) is 9.69 Å². The third-order valence-electron chi connectivity index (χ3n) is 4.59. The predicted molar refractivity (Wildman–Crippen MR) is 87.4 cm³/mol. The summed E-state index contributed by atoms with van der Waals surface area (Å²) in [5.41, 5.74) is 0. The van der Waals surface area contributed by atoms with Crippen LogP contribution in [0.3, 0.4) is 0 Å². The zero-order valence-corrected chi connectivity index (χ0v) is 13.7. The van der Waals surface area contributed by atoms with Gasteiger partial charge in [0.1, 0.15) is 0 Å². The number of carbonyl (C=O) groups excluding carboxylic acids is 1. The van der Waals surface area contributed by atoms with E-state index in [-0.39, 0.29) is 12.0 Å². The van der Waals surface area contributed by atoms with Crippen molar-refractivity contribution >= 4 is 17.2 Å². The number of amides is 1. The summed E-state index contributed by atoms with van der Waals surface area (Å²) in [6, 6.07) is 7.74. The molecule has 0 N–H and O–H groups in total. The standard InChI is InChI=1S/C17H20N2O3S/c20-17(15-4-1-6-21-15)19-10-13-9-18(5-7-22-16(13)12-19)11-14-3-2-8-23-14/h1-4,6,8,13,16H,5,7,9-12H2/t13-,16+/m0/s1. The van der Waals surface area contributed by atoms with Crippen LogP contribution in [0, 0.1) is 5.92 Å². The van der Waals surface area contributed by atoms with Gasteiger partial charge in [-0.2, -0.15) is 0 Å². The molecule has 2 fully saturated rings. The van der Waals surface area contributed by atoms with Gasteiger partial charge in [-0.1, -0.05) is 6.07 Å². The largest absolute Gasteiger partial charge is 0.459 e. The lowest BCUT2D eigenvalue weighted by molar-refractivity contribution is 0.0476. The quantitative estimate of drug-likeness (QED) is 0.865. The van der Waals surface area contributed by atoms with E-state index in [1.54, 1.807) is 29.7 Å². The molecule has 0 aromatic carbocycles. The number of likely N-dealkylation sites (tertiary alicyclic amines) is 1. The van der Waals surface area contributed by atoms with Gasteiger partial charge >= 0.3 is 0 Å². The number of furan rings is 1. The minimum Gasteiger partial charge on any atom is -0.459 e. The molecule has 122 valence electrons. The lowest BCUT2D eigenvalue weighted by atomic mass is 10.1. The smallest absolute Gasteiger partial charge is 0.289 e. The molecule has 4 rings (SSSR count). The fraction of sp³-hybridized carbons (Fsp3) is 0.471. The van der Waals surface area contributed by atoms with Gasteiger partial charge in [-0.15, -0.1) is 11.3 Å². The van der Waals surface area contributed by atoms with E-state index in [0.717, 1.165) is 32.8 Å². The molecular formula is C17H20N2O3S. The molecule has 1 amide bonds. The zero-order chi connectivity index (χ0) is 15.6. The average Bonchev–Trinajstić information content (AvgIpc) is 3.28. The van der Waals surface area contributed by atoms with Gasteiger partial charge in [0.2, 0.25) is 0 Å². The van der Waals surface area contributed by atoms with E-state index in [1.807, 2.05) is 4.90 Å². The molecule has 0 radical (unpaired) electrons. The maximum absolute atomic E-state index is 12.4. The van der Waals surface area contributed by atoms with Crippen molar-refractivity contribution < 1.29 is 13.9 Å². The second-order valence-electron chi connectivity index (χ2n) is 6.17. The molecule has 0 aliphatic carbocycles. The second kappa shape index (κ2) is 6.47. The van der Waals surface area contributed by atoms with Crippen LogP contribution in [0.5, 0.6) is 0 Å². The first-order chi connectivity index (χ1) is 11.3. The summed E-state index contributed by atoms with van der Waals surface area (Å²) in [6.07, 6.45) is 1.68. The van der Waals surface area contributed by atoms with Crippen LogP contribution in [0.15, 0.2) is 40.3 Å². The average molecular weight is 332 g/mol. The zero-order valence-electron chi connectivity index (χ0n) is 12.9. The summed E-state index contributed by atoms with van der Waals surface area (Å²) in [5, 5.41) is 2.12. The van der Waals surface area contributed by atoms with E-state index in [4.69, 9.17) is 9.15 Å². The van der Waals surface area contributed by atoms with E-state index >= 15 is 0 Å². The molecule has 2 saturated heterocycles. The van der Waals surface area contributed by atoms with Crippen LogP contribution in [-0.4, -0.2) is 54.6 Å².